The molecule has 72 valence electrons. The van der Waals surface area contributed by atoms with Crippen LogP contribution >= 0.6 is 59.6 Å². The average molecular weight is 393 g/mol. The summed E-state index contributed by atoms with van der Waals surface area (Å²) in [6.45, 7) is 1.93. The van der Waals surface area contributed by atoms with Crippen LogP contribution < -0.4 is 0 Å². The van der Waals surface area contributed by atoms with E-state index in [9.17, 15) is 4.79 Å². The Morgan fingerprint density at radius 3 is 2.54 bits per heavy atom. The topological polar surface area (TPSA) is 34.9 Å². The molecule has 0 fully saturated rings. The van der Waals surface area contributed by atoms with E-state index in [0.29, 0.717) is 13.9 Å². The van der Waals surface area contributed by atoms with Gasteiger partial charge < -0.3 is 0 Å². The van der Waals surface area contributed by atoms with Crippen LogP contribution in [0.3, 0.4) is 0 Å². The van der Waals surface area contributed by atoms with Gasteiger partial charge in [-0.2, -0.15) is 0 Å². The van der Waals surface area contributed by atoms with Gasteiger partial charge in [-0.25, -0.2) is 9.55 Å². The Kier molecular flexibility index (Phi) is 4.47. The zero-order valence-corrected chi connectivity index (χ0v) is 12.1. The van der Waals surface area contributed by atoms with Crippen LogP contribution in [-0.4, -0.2) is 20.5 Å². The number of aromatic nitrogens is 2. The minimum Gasteiger partial charge on any atom is -0.261 e. The lowest BCUT2D eigenvalue weighted by molar-refractivity contribution is 0.261. The van der Waals surface area contributed by atoms with Crippen molar-refractivity contribution in [2.24, 2.45) is 0 Å². The number of thioether (sulfide) groups is 1. The van der Waals surface area contributed by atoms with E-state index in [4.69, 9.17) is 0 Å². The second-order valence-corrected chi connectivity index (χ2v) is 5.42. The molecule has 0 spiro atoms. The third-order valence-electron chi connectivity index (χ3n) is 1.19. The van der Waals surface area contributed by atoms with Gasteiger partial charge >= 0.3 is 0 Å². The van der Waals surface area contributed by atoms with Crippen molar-refractivity contribution in [3.05, 3.63) is 13.9 Å². The van der Waals surface area contributed by atoms with Crippen molar-refractivity contribution >= 4 is 64.8 Å². The lowest BCUT2D eigenvalue weighted by Gasteiger charge is -2.01. The number of hydrogen-bond acceptors (Lipinski definition) is 3. The predicted octanol–water partition coefficient (Wildman–Crippen LogP) is 3.89. The summed E-state index contributed by atoms with van der Waals surface area (Å²) >= 11 is 10.9. The molecule has 1 aromatic rings. The van der Waals surface area contributed by atoms with Crippen LogP contribution in [0, 0.1) is 0 Å². The Bertz CT molecular complexity index is 339. The number of halogens is 3. The zero-order valence-electron chi connectivity index (χ0n) is 6.55. The summed E-state index contributed by atoms with van der Waals surface area (Å²) in [6, 6.07) is 0. The van der Waals surface area contributed by atoms with Crippen LogP contribution in [0.1, 0.15) is 6.92 Å². The van der Waals surface area contributed by atoms with Crippen molar-refractivity contribution in [2.45, 2.75) is 6.92 Å². The Labute approximate surface area is 105 Å². The third-order valence-corrected chi connectivity index (χ3v) is 4.26. The predicted molar refractivity (Wildman–Crippen MR) is 64.3 cm³/mol. The molecule has 0 aliphatic rings. The fraction of sp³-hybridized carbons (Fsp3) is 0.333. The molecule has 1 heterocycles. The van der Waals surface area contributed by atoms with Crippen molar-refractivity contribution in [3.63, 3.8) is 0 Å². The van der Waals surface area contributed by atoms with Crippen molar-refractivity contribution < 1.29 is 4.79 Å². The standard InChI is InChI=1S/C6H5Br3N2OS/c1-2-13-6(12)11-4(8)3(7)10-5(11)9/h2H2,1H3. The number of hydrogen-bond donors (Lipinski definition) is 0. The van der Waals surface area contributed by atoms with Crippen molar-refractivity contribution in [2.75, 3.05) is 5.75 Å². The average Bonchev–Trinajstić information content (AvgIpc) is 2.27. The van der Waals surface area contributed by atoms with Crippen molar-refractivity contribution in [1.29, 1.82) is 0 Å². The molecule has 0 amide bonds. The summed E-state index contributed by atoms with van der Waals surface area (Å²) in [5.41, 5.74) is 0. The SMILES string of the molecule is CCSC(=O)n1c(Br)nc(Br)c1Br. The molecule has 0 saturated carbocycles. The molecule has 0 aliphatic heterocycles. The normalized spacial score (nSPS) is 10.5. The Balaban J connectivity index is 3.06. The Morgan fingerprint density at radius 2 is 2.15 bits per heavy atom. The zero-order chi connectivity index (χ0) is 10.0. The van der Waals surface area contributed by atoms with Gasteiger partial charge in [0.2, 0.25) is 0 Å². The molecular formula is C6H5Br3N2OS. The number of carbonyl (C=O) groups excluding carboxylic acids is 1. The minimum atomic E-state index is -0.0561. The maximum atomic E-state index is 11.5. The van der Waals surface area contributed by atoms with Gasteiger partial charge in [0.1, 0.15) is 9.21 Å². The molecule has 0 saturated heterocycles. The monoisotopic (exact) mass is 390 g/mol. The highest BCUT2D eigenvalue weighted by Gasteiger charge is 2.16. The maximum absolute atomic E-state index is 11.5. The summed E-state index contributed by atoms with van der Waals surface area (Å²) in [5.74, 6) is 0.744. The molecule has 0 bridgehead atoms. The smallest absolute Gasteiger partial charge is 0.261 e. The first-order chi connectivity index (χ1) is 6.07. The fourth-order valence-electron chi connectivity index (χ4n) is 0.694. The van der Waals surface area contributed by atoms with Gasteiger partial charge in [-0.1, -0.05) is 18.7 Å². The van der Waals surface area contributed by atoms with Crippen LogP contribution in [0.4, 0.5) is 4.79 Å². The first-order valence-electron chi connectivity index (χ1n) is 3.34. The van der Waals surface area contributed by atoms with Crippen molar-refractivity contribution in [1.82, 2.24) is 9.55 Å². The summed E-state index contributed by atoms with van der Waals surface area (Å²) in [6.07, 6.45) is 0. The van der Waals surface area contributed by atoms with E-state index in [1.54, 1.807) is 0 Å². The number of nitrogens with zero attached hydrogens (tertiary/aromatic N) is 2. The quantitative estimate of drug-likeness (QED) is 0.727. The van der Waals surface area contributed by atoms with Crippen LogP contribution in [0.5, 0.6) is 0 Å². The van der Waals surface area contributed by atoms with E-state index in [-0.39, 0.29) is 5.24 Å². The lowest BCUT2D eigenvalue weighted by Crippen LogP contribution is -2.06. The van der Waals surface area contributed by atoms with Gasteiger partial charge in [0, 0.05) is 0 Å². The third kappa shape index (κ3) is 2.57. The molecule has 13 heavy (non-hydrogen) atoms. The van der Waals surface area contributed by atoms with Gasteiger partial charge in [0.05, 0.1) is 0 Å². The van der Waals surface area contributed by atoms with Crippen LogP contribution in [-0.2, 0) is 0 Å². The van der Waals surface area contributed by atoms with E-state index in [1.807, 2.05) is 6.92 Å². The largest absolute Gasteiger partial charge is 0.292 e. The van der Waals surface area contributed by atoms with Crippen LogP contribution in [0.15, 0.2) is 13.9 Å². The van der Waals surface area contributed by atoms with Gasteiger partial charge in [-0.3, -0.25) is 4.79 Å². The molecular weight excluding hydrogens is 388 g/mol. The highest BCUT2D eigenvalue weighted by atomic mass is 79.9. The molecule has 0 unspecified atom stereocenters. The van der Waals surface area contributed by atoms with E-state index in [2.05, 4.69) is 52.8 Å². The molecule has 1 rings (SSSR count). The molecule has 0 aliphatic carbocycles. The van der Waals surface area contributed by atoms with Gasteiger partial charge in [0.25, 0.3) is 5.24 Å². The second kappa shape index (κ2) is 4.95. The minimum absolute atomic E-state index is 0.0561. The lowest BCUT2D eigenvalue weighted by atomic mass is 10.9. The summed E-state index contributed by atoms with van der Waals surface area (Å²) in [5, 5.41) is -0.0561. The first kappa shape index (κ1) is 11.7. The van der Waals surface area contributed by atoms with Crippen molar-refractivity contribution in [3.8, 4) is 0 Å². The molecule has 0 N–H and O–H groups in total. The summed E-state index contributed by atoms with van der Waals surface area (Å²) in [4.78, 5) is 15.5. The van der Waals surface area contributed by atoms with Gasteiger partial charge in [-0.15, -0.1) is 0 Å². The maximum Gasteiger partial charge on any atom is 0.292 e. The van der Waals surface area contributed by atoms with E-state index in [1.165, 1.54) is 16.3 Å². The molecule has 0 radical (unpaired) electrons. The summed E-state index contributed by atoms with van der Waals surface area (Å²) < 4.78 is 3.20. The Hall–Kier alpha value is 0.670. The molecule has 3 nitrogen and oxygen atoms in total. The number of rotatable bonds is 1. The summed E-state index contributed by atoms with van der Waals surface area (Å²) in [7, 11) is 0. The van der Waals surface area contributed by atoms with E-state index < -0.39 is 0 Å². The number of imidazole rings is 1. The molecule has 7 heteroatoms. The molecule has 0 atom stereocenters. The van der Waals surface area contributed by atoms with E-state index >= 15 is 0 Å². The van der Waals surface area contributed by atoms with E-state index in [0.717, 1.165) is 5.75 Å². The molecule has 0 aromatic carbocycles. The number of carbonyl (C=O) groups is 1. The first-order valence-corrected chi connectivity index (χ1v) is 6.70. The van der Waals surface area contributed by atoms with Gasteiger partial charge in [0.15, 0.2) is 4.73 Å². The molecule has 1 aromatic heterocycles. The van der Waals surface area contributed by atoms with Crippen LogP contribution in [0.25, 0.3) is 0 Å². The van der Waals surface area contributed by atoms with Crippen LogP contribution in [0.2, 0.25) is 0 Å². The second-order valence-electron chi connectivity index (χ2n) is 2.00. The highest BCUT2D eigenvalue weighted by molar-refractivity contribution is 9.13. The highest BCUT2D eigenvalue weighted by Crippen LogP contribution is 2.28. The Morgan fingerprint density at radius 1 is 1.54 bits per heavy atom. The van der Waals surface area contributed by atoms with Gasteiger partial charge in [-0.05, 0) is 53.5 Å². The fourth-order valence-corrected chi connectivity index (χ4v) is 3.24.